The van der Waals surface area contributed by atoms with Gasteiger partial charge in [0, 0.05) is 30.3 Å². The molecule has 0 bridgehead atoms. The number of sulfone groups is 1. The lowest BCUT2D eigenvalue weighted by Gasteiger charge is -2.35. The number of nitrogens with two attached hydrogens (primary N) is 1. The van der Waals surface area contributed by atoms with Crippen LogP contribution in [-0.2, 0) is 9.84 Å². The van der Waals surface area contributed by atoms with Gasteiger partial charge < -0.3 is 10.6 Å². The van der Waals surface area contributed by atoms with E-state index >= 15 is 0 Å². The van der Waals surface area contributed by atoms with Crippen molar-refractivity contribution in [2.45, 2.75) is 25.6 Å². The number of nitrogens with zero attached hydrogens (tertiary/aromatic N) is 2. The summed E-state index contributed by atoms with van der Waals surface area (Å²) in [7, 11) is -3.10. The van der Waals surface area contributed by atoms with Crippen LogP contribution in [0.15, 0.2) is 4.99 Å². The number of guanidine groups is 1. The lowest BCUT2D eigenvalue weighted by Crippen LogP contribution is -2.53. The predicted molar refractivity (Wildman–Crippen MR) is 74.1 cm³/mol. The number of hydrogen-bond donors (Lipinski definition) is 1. The smallest absolute Gasteiger partial charge is 0.192 e. The van der Waals surface area contributed by atoms with Gasteiger partial charge >= 0.3 is 0 Å². The van der Waals surface area contributed by atoms with Gasteiger partial charge in [0.25, 0.3) is 0 Å². The molecule has 100 valence electrons. The first kappa shape index (κ1) is 14.6. The maximum absolute atomic E-state index is 12.0. The summed E-state index contributed by atoms with van der Waals surface area (Å²) >= 11 is 1.66. The fourth-order valence-corrected chi connectivity index (χ4v) is 4.63. The van der Waals surface area contributed by atoms with Crippen LogP contribution in [0.3, 0.4) is 0 Å². The van der Waals surface area contributed by atoms with E-state index in [4.69, 9.17) is 5.73 Å². The van der Waals surface area contributed by atoms with E-state index in [1.165, 1.54) is 0 Å². The second-order valence-electron chi connectivity index (χ2n) is 3.91. The summed E-state index contributed by atoms with van der Waals surface area (Å²) in [4.78, 5) is 5.95. The van der Waals surface area contributed by atoms with Gasteiger partial charge in [0.2, 0.25) is 0 Å². The summed E-state index contributed by atoms with van der Waals surface area (Å²) in [6, 6.07) is 0. The van der Waals surface area contributed by atoms with Crippen molar-refractivity contribution >= 4 is 27.6 Å². The zero-order valence-corrected chi connectivity index (χ0v) is 12.1. The van der Waals surface area contributed by atoms with Crippen molar-refractivity contribution in [3.63, 3.8) is 0 Å². The predicted octanol–water partition coefficient (Wildman–Crippen LogP) is 0.521. The Kier molecular flexibility index (Phi) is 5.58. The molecule has 0 aromatic rings. The highest BCUT2D eigenvalue weighted by Gasteiger charge is 2.33. The van der Waals surface area contributed by atoms with E-state index in [0.29, 0.717) is 24.8 Å². The molecule has 1 atom stereocenters. The summed E-state index contributed by atoms with van der Waals surface area (Å²) in [6.45, 7) is 5.00. The topological polar surface area (TPSA) is 75.8 Å². The fourth-order valence-electron chi connectivity index (χ4n) is 1.65. The SMILES string of the molecule is CCCN=C(N)N1CCSCC1S(=O)(=O)CC. The number of thioether (sulfide) groups is 1. The largest absolute Gasteiger partial charge is 0.370 e. The summed E-state index contributed by atoms with van der Waals surface area (Å²) in [5.74, 6) is 2.00. The molecule has 0 saturated carbocycles. The monoisotopic (exact) mass is 279 g/mol. The standard InChI is InChI=1S/C10H21N3O2S2/c1-3-5-12-10(11)13-6-7-16-8-9(13)17(14,15)4-2/h9H,3-8H2,1-2H3,(H2,11,12). The van der Waals surface area contributed by atoms with Gasteiger partial charge in [-0.05, 0) is 6.42 Å². The highest BCUT2D eigenvalue weighted by molar-refractivity contribution is 8.01. The number of rotatable bonds is 4. The third kappa shape index (κ3) is 3.77. The molecular formula is C10H21N3O2S2. The highest BCUT2D eigenvalue weighted by Crippen LogP contribution is 2.21. The molecule has 1 rings (SSSR count). The van der Waals surface area contributed by atoms with E-state index in [1.54, 1.807) is 23.6 Å². The normalized spacial score (nSPS) is 22.8. The summed E-state index contributed by atoms with van der Waals surface area (Å²) < 4.78 is 24.0. The van der Waals surface area contributed by atoms with Crippen LogP contribution < -0.4 is 5.73 Å². The molecule has 5 nitrogen and oxygen atoms in total. The molecule has 1 aliphatic heterocycles. The molecule has 0 spiro atoms. The van der Waals surface area contributed by atoms with Crippen LogP contribution in [0.5, 0.6) is 0 Å². The van der Waals surface area contributed by atoms with E-state index in [0.717, 1.165) is 12.2 Å². The maximum atomic E-state index is 12.0. The van der Waals surface area contributed by atoms with Gasteiger partial charge in [0.15, 0.2) is 15.8 Å². The van der Waals surface area contributed by atoms with Crippen LogP contribution in [0.2, 0.25) is 0 Å². The van der Waals surface area contributed by atoms with Gasteiger partial charge in [-0.15, -0.1) is 0 Å². The number of hydrogen-bond acceptors (Lipinski definition) is 4. The zero-order chi connectivity index (χ0) is 12.9. The second kappa shape index (κ2) is 6.49. The average molecular weight is 279 g/mol. The Balaban J connectivity index is 2.87. The van der Waals surface area contributed by atoms with Crippen molar-refractivity contribution in [1.29, 1.82) is 0 Å². The van der Waals surface area contributed by atoms with Crippen LogP contribution >= 0.6 is 11.8 Å². The van der Waals surface area contributed by atoms with E-state index in [9.17, 15) is 8.42 Å². The van der Waals surface area contributed by atoms with Crippen molar-refractivity contribution in [3.05, 3.63) is 0 Å². The van der Waals surface area contributed by atoms with Crippen LogP contribution in [0.25, 0.3) is 0 Å². The van der Waals surface area contributed by atoms with E-state index in [1.807, 2.05) is 6.92 Å². The Morgan fingerprint density at radius 2 is 2.24 bits per heavy atom. The van der Waals surface area contributed by atoms with Crippen molar-refractivity contribution in [2.24, 2.45) is 10.7 Å². The van der Waals surface area contributed by atoms with Crippen LogP contribution in [0, 0.1) is 0 Å². The lowest BCUT2D eigenvalue weighted by atomic mass is 10.5. The second-order valence-corrected chi connectivity index (χ2v) is 7.51. The molecule has 1 unspecified atom stereocenters. The third-order valence-corrected chi connectivity index (χ3v) is 5.98. The summed E-state index contributed by atoms with van der Waals surface area (Å²) in [5.41, 5.74) is 5.88. The molecule has 0 aromatic heterocycles. The first-order chi connectivity index (χ1) is 8.03. The fraction of sp³-hybridized carbons (Fsp3) is 0.900. The molecule has 0 aliphatic carbocycles. The van der Waals surface area contributed by atoms with Crippen molar-refractivity contribution < 1.29 is 8.42 Å². The third-order valence-electron chi connectivity index (χ3n) is 2.69. The molecule has 1 saturated heterocycles. The first-order valence-electron chi connectivity index (χ1n) is 5.88. The molecule has 0 aromatic carbocycles. The molecule has 0 radical (unpaired) electrons. The minimum Gasteiger partial charge on any atom is -0.370 e. The average Bonchev–Trinajstić information content (AvgIpc) is 2.36. The number of aliphatic imine (C=N–C) groups is 1. The van der Waals surface area contributed by atoms with Gasteiger partial charge in [-0.3, -0.25) is 4.99 Å². The zero-order valence-electron chi connectivity index (χ0n) is 10.4. The summed E-state index contributed by atoms with van der Waals surface area (Å²) in [6.07, 6.45) is 0.911. The Hall–Kier alpha value is -0.430. The van der Waals surface area contributed by atoms with E-state index < -0.39 is 15.2 Å². The van der Waals surface area contributed by atoms with Gasteiger partial charge in [-0.25, -0.2) is 8.42 Å². The molecule has 1 aliphatic rings. The van der Waals surface area contributed by atoms with Gasteiger partial charge in [-0.1, -0.05) is 13.8 Å². The quantitative estimate of drug-likeness (QED) is 0.600. The maximum Gasteiger partial charge on any atom is 0.192 e. The molecule has 17 heavy (non-hydrogen) atoms. The van der Waals surface area contributed by atoms with Crippen molar-refractivity contribution in [3.8, 4) is 0 Å². The highest BCUT2D eigenvalue weighted by atomic mass is 32.2. The molecule has 1 fully saturated rings. The van der Waals surface area contributed by atoms with Gasteiger partial charge in [0.05, 0.1) is 0 Å². The minimum atomic E-state index is -3.10. The Morgan fingerprint density at radius 3 is 2.82 bits per heavy atom. The Morgan fingerprint density at radius 1 is 1.53 bits per heavy atom. The van der Waals surface area contributed by atoms with Crippen molar-refractivity contribution in [2.75, 3.05) is 30.3 Å². The van der Waals surface area contributed by atoms with Crippen LogP contribution in [0.4, 0.5) is 0 Å². The molecule has 0 amide bonds. The van der Waals surface area contributed by atoms with Crippen LogP contribution in [-0.4, -0.2) is 55.0 Å². The van der Waals surface area contributed by atoms with Crippen LogP contribution in [0.1, 0.15) is 20.3 Å². The van der Waals surface area contributed by atoms with Gasteiger partial charge in [-0.2, -0.15) is 11.8 Å². The van der Waals surface area contributed by atoms with E-state index in [2.05, 4.69) is 4.99 Å². The van der Waals surface area contributed by atoms with Crippen molar-refractivity contribution in [1.82, 2.24) is 4.90 Å². The Labute approximate surface area is 108 Å². The Bertz CT molecular complexity index is 368. The molecule has 1 heterocycles. The minimum absolute atomic E-state index is 0.149. The lowest BCUT2D eigenvalue weighted by molar-refractivity contribution is 0.403. The van der Waals surface area contributed by atoms with Gasteiger partial charge in [0.1, 0.15) is 5.37 Å². The molecule has 2 N–H and O–H groups in total. The molecular weight excluding hydrogens is 258 g/mol. The van der Waals surface area contributed by atoms with E-state index in [-0.39, 0.29) is 5.75 Å². The molecule has 7 heteroatoms. The summed E-state index contributed by atoms with van der Waals surface area (Å²) in [5, 5.41) is -0.508. The first-order valence-corrected chi connectivity index (χ1v) is 8.75.